The van der Waals surface area contributed by atoms with E-state index in [4.69, 9.17) is 0 Å². The van der Waals surface area contributed by atoms with Crippen LogP contribution in [0.15, 0.2) is 29.2 Å². The van der Waals surface area contributed by atoms with Crippen molar-refractivity contribution in [3.05, 3.63) is 41.5 Å². The first kappa shape index (κ1) is 20.5. The molecule has 148 valence electrons. The van der Waals surface area contributed by atoms with Gasteiger partial charge in [-0.3, -0.25) is 4.90 Å². The molecule has 0 unspecified atom stereocenters. The number of hydrogen-bond acceptors (Lipinski definition) is 5. The zero-order valence-electron chi connectivity index (χ0n) is 15.0. The van der Waals surface area contributed by atoms with Crippen molar-refractivity contribution in [1.29, 1.82) is 0 Å². The SMILES string of the molecule is Cl.FC(F)Sc1ccc(CN2CCC(c3nnc4n3CCNC4)CC2)cc1. The van der Waals surface area contributed by atoms with Gasteiger partial charge in [-0.25, -0.2) is 0 Å². The molecule has 0 saturated carbocycles. The fourth-order valence-electron chi connectivity index (χ4n) is 3.80. The molecule has 0 radical (unpaired) electrons. The van der Waals surface area contributed by atoms with Gasteiger partial charge in [-0.15, -0.1) is 22.6 Å². The third kappa shape index (κ3) is 4.99. The van der Waals surface area contributed by atoms with Crippen LogP contribution in [0, 0.1) is 0 Å². The number of nitrogens with zero attached hydrogens (tertiary/aromatic N) is 4. The average Bonchev–Trinajstić information content (AvgIpc) is 3.08. The number of fused-ring (bicyclic) bond motifs is 1. The number of piperidine rings is 1. The van der Waals surface area contributed by atoms with Crippen molar-refractivity contribution in [2.24, 2.45) is 0 Å². The minimum Gasteiger partial charge on any atom is -0.312 e. The van der Waals surface area contributed by atoms with Crippen LogP contribution in [-0.4, -0.2) is 45.1 Å². The van der Waals surface area contributed by atoms with E-state index in [1.165, 1.54) is 5.56 Å². The number of halogens is 3. The molecule has 1 N–H and O–H groups in total. The molecule has 1 fully saturated rings. The standard InChI is InChI=1S/C18H23F2N5S.ClH/c19-18(20)26-15-3-1-13(2-4-15)12-24-8-5-14(6-9-24)17-23-22-16-11-21-7-10-25(16)17;/h1-4,14,18,21H,5-12H2;1H. The van der Waals surface area contributed by atoms with Crippen LogP contribution in [0.3, 0.4) is 0 Å². The second kappa shape index (κ2) is 9.32. The fraction of sp³-hybridized carbons (Fsp3) is 0.556. The molecule has 2 aliphatic rings. The Labute approximate surface area is 168 Å². The predicted molar refractivity (Wildman–Crippen MR) is 105 cm³/mol. The van der Waals surface area contributed by atoms with Crippen LogP contribution >= 0.6 is 24.2 Å². The van der Waals surface area contributed by atoms with Crippen LogP contribution in [-0.2, 0) is 19.6 Å². The normalized spacial score (nSPS) is 18.3. The Morgan fingerprint density at radius 2 is 1.85 bits per heavy atom. The lowest BCUT2D eigenvalue weighted by Crippen LogP contribution is -2.34. The lowest BCUT2D eigenvalue weighted by Gasteiger charge is -2.32. The zero-order chi connectivity index (χ0) is 17.9. The van der Waals surface area contributed by atoms with E-state index in [0.29, 0.717) is 22.6 Å². The van der Waals surface area contributed by atoms with E-state index in [2.05, 4.69) is 25.0 Å². The van der Waals surface area contributed by atoms with Crippen LogP contribution < -0.4 is 5.32 Å². The van der Waals surface area contributed by atoms with Crippen molar-refractivity contribution in [3.63, 3.8) is 0 Å². The highest BCUT2D eigenvalue weighted by Gasteiger charge is 2.26. The smallest absolute Gasteiger partial charge is 0.288 e. The summed E-state index contributed by atoms with van der Waals surface area (Å²) in [6, 6.07) is 7.49. The maximum absolute atomic E-state index is 12.4. The lowest BCUT2D eigenvalue weighted by molar-refractivity contribution is 0.199. The van der Waals surface area contributed by atoms with Crippen LogP contribution in [0.5, 0.6) is 0 Å². The van der Waals surface area contributed by atoms with Crippen LogP contribution in [0.25, 0.3) is 0 Å². The molecular formula is C18H24ClF2N5S. The van der Waals surface area contributed by atoms with E-state index in [0.717, 1.165) is 63.8 Å². The van der Waals surface area contributed by atoms with Crippen molar-refractivity contribution in [3.8, 4) is 0 Å². The number of thioether (sulfide) groups is 1. The fourth-order valence-corrected chi connectivity index (χ4v) is 4.30. The molecule has 1 saturated heterocycles. The molecule has 5 nitrogen and oxygen atoms in total. The van der Waals surface area contributed by atoms with Crippen molar-refractivity contribution in [2.45, 2.75) is 49.0 Å². The Hall–Kier alpha value is -1.22. The van der Waals surface area contributed by atoms with Gasteiger partial charge in [-0.1, -0.05) is 23.9 Å². The molecule has 0 amide bonds. The molecular weight excluding hydrogens is 392 g/mol. The third-order valence-electron chi connectivity index (χ3n) is 5.16. The first-order valence-corrected chi connectivity index (χ1v) is 9.96. The zero-order valence-corrected chi connectivity index (χ0v) is 16.6. The summed E-state index contributed by atoms with van der Waals surface area (Å²) in [5.41, 5.74) is 1.17. The molecule has 2 aliphatic heterocycles. The second-order valence-electron chi connectivity index (χ2n) is 6.88. The van der Waals surface area contributed by atoms with E-state index in [1.807, 2.05) is 12.1 Å². The Balaban J connectivity index is 0.00000210. The summed E-state index contributed by atoms with van der Waals surface area (Å²) in [4.78, 5) is 3.05. The highest BCUT2D eigenvalue weighted by molar-refractivity contribution is 7.99. The quantitative estimate of drug-likeness (QED) is 0.757. The van der Waals surface area contributed by atoms with E-state index in [-0.39, 0.29) is 12.4 Å². The van der Waals surface area contributed by atoms with E-state index in [1.54, 1.807) is 12.1 Å². The van der Waals surface area contributed by atoms with Crippen molar-refractivity contribution >= 4 is 24.2 Å². The summed E-state index contributed by atoms with van der Waals surface area (Å²) < 4.78 is 27.1. The molecule has 1 aromatic heterocycles. The van der Waals surface area contributed by atoms with Crippen molar-refractivity contribution < 1.29 is 8.78 Å². The van der Waals surface area contributed by atoms with Gasteiger partial charge in [0, 0.05) is 30.4 Å². The van der Waals surface area contributed by atoms with Gasteiger partial charge in [0.1, 0.15) is 11.6 Å². The summed E-state index contributed by atoms with van der Waals surface area (Å²) in [6.07, 6.45) is 2.18. The van der Waals surface area contributed by atoms with Gasteiger partial charge in [0.25, 0.3) is 5.76 Å². The van der Waals surface area contributed by atoms with Gasteiger partial charge in [-0.2, -0.15) is 8.78 Å². The Morgan fingerprint density at radius 1 is 1.11 bits per heavy atom. The molecule has 0 bridgehead atoms. The van der Waals surface area contributed by atoms with Gasteiger partial charge in [0.2, 0.25) is 0 Å². The third-order valence-corrected chi connectivity index (χ3v) is 5.88. The van der Waals surface area contributed by atoms with Gasteiger partial charge in [0.15, 0.2) is 0 Å². The summed E-state index contributed by atoms with van der Waals surface area (Å²) in [5, 5.41) is 12.1. The van der Waals surface area contributed by atoms with Gasteiger partial charge in [-0.05, 0) is 43.6 Å². The Morgan fingerprint density at radius 3 is 2.56 bits per heavy atom. The summed E-state index contributed by atoms with van der Waals surface area (Å²) >= 11 is 0.597. The highest BCUT2D eigenvalue weighted by atomic mass is 35.5. The average molecular weight is 416 g/mol. The van der Waals surface area contributed by atoms with E-state index >= 15 is 0 Å². The van der Waals surface area contributed by atoms with Gasteiger partial charge in [0.05, 0.1) is 6.54 Å². The molecule has 4 rings (SSSR count). The number of hydrogen-bond donors (Lipinski definition) is 1. The molecule has 1 aromatic carbocycles. The van der Waals surface area contributed by atoms with Crippen molar-refractivity contribution in [1.82, 2.24) is 25.0 Å². The van der Waals surface area contributed by atoms with Crippen LogP contribution in [0.1, 0.15) is 36.0 Å². The number of aromatic nitrogens is 3. The van der Waals surface area contributed by atoms with Crippen LogP contribution in [0.4, 0.5) is 8.78 Å². The molecule has 2 aromatic rings. The summed E-state index contributed by atoms with van der Waals surface area (Å²) in [5.74, 6) is 0.318. The lowest BCUT2D eigenvalue weighted by atomic mass is 9.95. The number of likely N-dealkylation sites (tertiary alicyclic amines) is 1. The summed E-state index contributed by atoms with van der Waals surface area (Å²) in [7, 11) is 0. The molecule has 27 heavy (non-hydrogen) atoms. The number of nitrogens with one attached hydrogen (secondary N) is 1. The number of alkyl halides is 2. The number of rotatable bonds is 5. The molecule has 0 atom stereocenters. The molecule has 0 spiro atoms. The minimum atomic E-state index is -2.36. The molecule has 9 heteroatoms. The number of benzene rings is 1. The topological polar surface area (TPSA) is 46.0 Å². The van der Waals surface area contributed by atoms with Crippen molar-refractivity contribution in [2.75, 3.05) is 19.6 Å². The largest absolute Gasteiger partial charge is 0.312 e. The monoisotopic (exact) mass is 415 g/mol. The maximum atomic E-state index is 12.4. The summed E-state index contributed by atoms with van der Waals surface area (Å²) in [6.45, 7) is 5.68. The molecule has 0 aliphatic carbocycles. The predicted octanol–water partition coefficient (Wildman–Crippen LogP) is 3.50. The minimum absolute atomic E-state index is 0. The molecule has 3 heterocycles. The van der Waals surface area contributed by atoms with Gasteiger partial charge >= 0.3 is 0 Å². The maximum Gasteiger partial charge on any atom is 0.288 e. The highest BCUT2D eigenvalue weighted by Crippen LogP contribution is 2.29. The Bertz CT molecular complexity index is 732. The van der Waals surface area contributed by atoms with Crippen LogP contribution in [0.2, 0.25) is 0 Å². The second-order valence-corrected chi connectivity index (χ2v) is 7.94. The van der Waals surface area contributed by atoms with Gasteiger partial charge < -0.3 is 9.88 Å². The van der Waals surface area contributed by atoms with E-state index in [9.17, 15) is 8.78 Å². The van der Waals surface area contributed by atoms with E-state index < -0.39 is 5.76 Å². The first-order valence-electron chi connectivity index (χ1n) is 9.08. The first-order chi connectivity index (χ1) is 12.7. The Kier molecular flexibility index (Phi) is 7.08.